The van der Waals surface area contributed by atoms with E-state index in [1.807, 2.05) is 0 Å². The van der Waals surface area contributed by atoms with Gasteiger partial charge in [0.25, 0.3) is 0 Å². The van der Waals surface area contributed by atoms with Crippen molar-refractivity contribution in [1.29, 1.82) is 0 Å². The van der Waals surface area contributed by atoms with Crippen molar-refractivity contribution in [3.05, 3.63) is 24.3 Å². The maximum Gasteiger partial charge on any atom is 0.306 e. The van der Waals surface area contributed by atoms with Crippen LogP contribution in [0.5, 0.6) is 0 Å². The Morgan fingerprint density at radius 1 is 0.350 bits per heavy atom. The average Bonchev–Trinajstić information content (AvgIpc) is 3.24. The summed E-state index contributed by atoms with van der Waals surface area (Å²) in [5.74, 6) is -0.604. The molecule has 0 saturated carbocycles. The van der Waals surface area contributed by atoms with E-state index in [1.54, 1.807) is 0 Å². The lowest BCUT2D eigenvalue weighted by Gasteiger charge is -2.18. The summed E-state index contributed by atoms with van der Waals surface area (Å²) in [5.41, 5.74) is 0. The highest BCUT2D eigenvalue weighted by atomic mass is 16.5. The van der Waals surface area contributed by atoms with Gasteiger partial charge in [0.2, 0.25) is 0 Å². The van der Waals surface area contributed by atoms with Crippen LogP contribution in [-0.4, -0.2) is 23.1 Å². The van der Waals surface area contributed by atoms with E-state index in [9.17, 15) is 9.59 Å². The SMILES string of the molecule is CCCCCCCC/C=C\CCCCCCCC(=O)O.CCCCCCCC/C=C\CCCCCCCC(=O)OC(CCCCCCCC)CCCCCCCCCCC. The minimum Gasteiger partial charge on any atom is -0.481 e. The molecule has 0 heterocycles. The van der Waals surface area contributed by atoms with Gasteiger partial charge in [-0.3, -0.25) is 9.59 Å². The fourth-order valence-electron chi connectivity index (χ4n) is 8.03. The molecule has 356 valence electrons. The Labute approximate surface area is 377 Å². The third-order valence-corrected chi connectivity index (χ3v) is 12.1. The van der Waals surface area contributed by atoms with Crippen LogP contribution in [0.4, 0.5) is 0 Å². The van der Waals surface area contributed by atoms with E-state index in [-0.39, 0.29) is 12.1 Å². The van der Waals surface area contributed by atoms with E-state index in [1.165, 1.54) is 238 Å². The van der Waals surface area contributed by atoms with Crippen molar-refractivity contribution in [3.8, 4) is 0 Å². The van der Waals surface area contributed by atoms with Gasteiger partial charge in [-0.05, 0) is 89.9 Å². The molecule has 0 bridgehead atoms. The number of carboxylic acid groups (broad SMARTS) is 1. The lowest BCUT2D eigenvalue weighted by Crippen LogP contribution is -2.18. The van der Waals surface area contributed by atoms with E-state index in [0.717, 1.165) is 38.5 Å². The van der Waals surface area contributed by atoms with Gasteiger partial charge in [-0.15, -0.1) is 0 Å². The van der Waals surface area contributed by atoms with Crippen LogP contribution in [0.25, 0.3) is 0 Å². The fraction of sp³-hybridized carbons (Fsp3) is 0.893. The van der Waals surface area contributed by atoms with Crippen LogP contribution >= 0.6 is 0 Å². The Kier molecular flexibility index (Phi) is 55.9. The van der Waals surface area contributed by atoms with Gasteiger partial charge in [-0.1, -0.05) is 238 Å². The van der Waals surface area contributed by atoms with E-state index >= 15 is 0 Å². The third-order valence-electron chi connectivity index (χ3n) is 12.1. The van der Waals surface area contributed by atoms with Crippen LogP contribution in [0.1, 0.15) is 317 Å². The van der Waals surface area contributed by atoms with E-state index in [2.05, 4.69) is 52.0 Å². The molecule has 0 aromatic rings. The number of carboxylic acids is 1. The van der Waals surface area contributed by atoms with Gasteiger partial charge in [0.05, 0.1) is 0 Å². The maximum absolute atomic E-state index is 12.6. The molecule has 0 aliphatic heterocycles. The molecular formula is C56H108O4. The van der Waals surface area contributed by atoms with Gasteiger partial charge in [0.1, 0.15) is 6.10 Å². The summed E-state index contributed by atoms with van der Waals surface area (Å²) >= 11 is 0. The second-order valence-corrected chi connectivity index (χ2v) is 18.3. The van der Waals surface area contributed by atoms with Gasteiger partial charge in [-0.25, -0.2) is 0 Å². The summed E-state index contributed by atoms with van der Waals surface area (Å²) in [5, 5.41) is 8.51. The zero-order valence-corrected chi connectivity index (χ0v) is 41.4. The number of unbranched alkanes of at least 4 members (excludes halogenated alkanes) is 35. The standard InChI is InChI=1S/C38H74O2.C18H34O2/c1-4-7-10-13-16-18-19-20-21-22-23-25-27-30-33-36-38(39)40-37(34-31-28-15-12-9-6-3)35-32-29-26-24-17-14-11-8-5-2;1-2-3-4-5-6-7-8-9-10-11-12-13-14-15-16-17-18(19)20/h20-21,37H,4-19,22-36H2,1-3H3;9-10H,2-8,11-17H2,1H3,(H,19,20)/b21-20-;10-9-. The maximum atomic E-state index is 12.6. The molecule has 0 radical (unpaired) electrons. The largest absolute Gasteiger partial charge is 0.481 e. The van der Waals surface area contributed by atoms with Gasteiger partial charge >= 0.3 is 11.9 Å². The van der Waals surface area contributed by atoms with Crippen LogP contribution < -0.4 is 0 Å². The number of rotatable bonds is 48. The lowest BCUT2D eigenvalue weighted by molar-refractivity contribution is -0.150. The average molecular weight is 845 g/mol. The number of hydrogen-bond donors (Lipinski definition) is 1. The minimum atomic E-state index is -0.664. The van der Waals surface area contributed by atoms with E-state index < -0.39 is 5.97 Å². The molecule has 4 heteroatoms. The molecule has 0 aliphatic carbocycles. The molecule has 1 unspecified atom stereocenters. The molecule has 1 N–H and O–H groups in total. The summed E-state index contributed by atoms with van der Waals surface area (Å²) in [6.07, 6.45) is 65.7. The first-order valence-electron chi connectivity index (χ1n) is 27.2. The van der Waals surface area contributed by atoms with Crippen molar-refractivity contribution in [1.82, 2.24) is 0 Å². The first-order valence-corrected chi connectivity index (χ1v) is 27.2. The van der Waals surface area contributed by atoms with Crippen LogP contribution in [0.3, 0.4) is 0 Å². The van der Waals surface area contributed by atoms with Gasteiger partial charge in [0, 0.05) is 12.8 Å². The number of ether oxygens (including phenoxy) is 1. The number of carbonyl (C=O) groups excluding carboxylic acids is 1. The quantitative estimate of drug-likeness (QED) is 0.0376. The highest BCUT2D eigenvalue weighted by molar-refractivity contribution is 5.69. The first kappa shape index (κ1) is 60.5. The molecule has 1 atom stereocenters. The Bertz CT molecular complexity index is 878. The Balaban J connectivity index is 0. The number of esters is 1. The first-order chi connectivity index (χ1) is 29.5. The number of carbonyl (C=O) groups is 2. The van der Waals surface area contributed by atoms with Gasteiger partial charge in [0.15, 0.2) is 0 Å². The summed E-state index contributed by atoms with van der Waals surface area (Å²) in [7, 11) is 0. The van der Waals surface area contributed by atoms with Crippen LogP contribution in [-0.2, 0) is 14.3 Å². The monoisotopic (exact) mass is 845 g/mol. The van der Waals surface area contributed by atoms with Crippen LogP contribution in [0.2, 0.25) is 0 Å². The van der Waals surface area contributed by atoms with E-state index in [0.29, 0.717) is 12.8 Å². The number of hydrogen-bond acceptors (Lipinski definition) is 3. The molecule has 0 aromatic carbocycles. The third kappa shape index (κ3) is 56.4. The Hall–Kier alpha value is -1.58. The summed E-state index contributed by atoms with van der Waals surface area (Å²) in [6.45, 7) is 9.10. The number of allylic oxidation sites excluding steroid dienone is 4. The molecule has 0 spiro atoms. The zero-order valence-electron chi connectivity index (χ0n) is 41.4. The Morgan fingerprint density at radius 2 is 0.600 bits per heavy atom. The molecule has 4 nitrogen and oxygen atoms in total. The van der Waals surface area contributed by atoms with E-state index in [4.69, 9.17) is 9.84 Å². The summed E-state index contributed by atoms with van der Waals surface area (Å²) in [6, 6.07) is 0. The molecule has 0 aliphatic rings. The minimum absolute atomic E-state index is 0.0598. The zero-order chi connectivity index (χ0) is 44.1. The topological polar surface area (TPSA) is 63.6 Å². The molecular weight excluding hydrogens is 737 g/mol. The normalized spacial score (nSPS) is 12.0. The van der Waals surface area contributed by atoms with Crippen molar-refractivity contribution in [3.63, 3.8) is 0 Å². The Morgan fingerprint density at radius 3 is 0.900 bits per heavy atom. The number of aliphatic carboxylic acids is 1. The second-order valence-electron chi connectivity index (χ2n) is 18.3. The fourth-order valence-corrected chi connectivity index (χ4v) is 8.03. The predicted octanol–water partition coefficient (Wildman–Crippen LogP) is 19.7. The van der Waals surface area contributed by atoms with Crippen molar-refractivity contribution < 1.29 is 19.4 Å². The summed E-state index contributed by atoms with van der Waals surface area (Å²) in [4.78, 5) is 22.9. The molecule has 0 amide bonds. The second kappa shape index (κ2) is 55.4. The van der Waals surface area contributed by atoms with Crippen LogP contribution in [0, 0.1) is 0 Å². The molecule has 0 rings (SSSR count). The smallest absolute Gasteiger partial charge is 0.306 e. The van der Waals surface area contributed by atoms with Crippen LogP contribution in [0.15, 0.2) is 24.3 Å². The molecule has 0 fully saturated rings. The van der Waals surface area contributed by atoms with Crippen molar-refractivity contribution >= 4 is 11.9 Å². The molecule has 0 saturated heterocycles. The highest BCUT2D eigenvalue weighted by Gasteiger charge is 2.14. The molecule has 0 aromatic heterocycles. The predicted molar refractivity (Wildman–Crippen MR) is 266 cm³/mol. The van der Waals surface area contributed by atoms with Gasteiger partial charge < -0.3 is 9.84 Å². The van der Waals surface area contributed by atoms with Crippen molar-refractivity contribution in [2.45, 2.75) is 323 Å². The molecule has 60 heavy (non-hydrogen) atoms. The highest BCUT2D eigenvalue weighted by Crippen LogP contribution is 2.19. The van der Waals surface area contributed by atoms with Gasteiger partial charge in [-0.2, -0.15) is 0 Å². The van der Waals surface area contributed by atoms with Crippen molar-refractivity contribution in [2.24, 2.45) is 0 Å². The van der Waals surface area contributed by atoms with Crippen molar-refractivity contribution in [2.75, 3.05) is 0 Å². The lowest BCUT2D eigenvalue weighted by atomic mass is 10.0. The summed E-state index contributed by atoms with van der Waals surface area (Å²) < 4.78 is 6.02.